The van der Waals surface area contributed by atoms with Crippen LogP contribution in [-0.4, -0.2) is 38.2 Å². The molecule has 168 valence electrons. The minimum absolute atomic E-state index is 0.164. The van der Waals surface area contributed by atoms with Gasteiger partial charge in [-0.05, 0) is 49.8 Å². The average molecular weight is 435 g/mol. The number of amides is 3. The van der Waals surface area contributed by atoms with Crippen LogP contribution in [0, 0.1) is 17.8 Å². The Hall–Kier alpha value is -3.22. The fourth-order valence-corrected chi connectivity index (χ4v) is 4.65. The van der Waals surface area contributed by atoms with Crippen molar-refractivity contribution in [3.05, 3.63) is 60.7 Å². The molecular weight excluding hydrogens is 404 g/mol. The molecule has 2 aliphatic rings. The molecule has 0 bridgehead atoms. The van der Waals surface area contributed by atoms with E-state index in [0.717, 1.165) is 11.3 Å². The molecule has 1 N–H and O–H groups in total. The fraction of sp³-hybridized carbons (Fsp3) is 0.440. The number of rotatable bonds is 7. The lowest BCUT2D eigenvalue weighted by molar-refractivity contribution is -0.148. The third-order valence-electron chi connectivity index (χ3n) is 6.41. The number of imidazole rings is 1. The van der Waals surface area contributed by atoms with Crippen molar-refractivity contribution in [2.45, 2.75) is 52.1 Å². The Morgan fingerprint density at radius 1 is 1.06 bits per heavy atom. The highest BCUT2D eigenvalue weighted by Crippen LogP contribution is 2.37. The smallest absolute Gasteiger partial charge is 0.243 e. The zero-order valence-electron chi connectivity index (χ0n) is 18.8. The van der Waals surface area contributed by atoms with Gasteiger partial charge < -0.3 is 9.88 Å². The predicted octanol–water partition coefficient (Wildman–Crippen LogP) is 3.42. The number of nitrogens with one attached hydrogen (secondary N) is 1. The van der Waals surface area contributed by atoms with Gasteiger partial charge in [0.25, 0.3) is 0 Å². The highest BCUT2D eigenvalue weighted by atomic mass is 16.2. The minimum Gasteiger partial charge on any atom is -0.348 e. The Morgan fingerprint density at radius 2 is 1.69 bits per heavy atom. The van der Waals surface area contributed by atoms with E-state index >= 15 is 0 Å². The Labute approximate surface area is 188 Å². The number of aromatic nitrogens is 2. The molecular formula is C25H30N4O3. The van der Waals surface area contributed by atoms with Crippen LogP contribution in [-0.2, 0) is 14.4 Å². The van der Waals surface area contributed by atoms with E-state index in [4.69, 9.17) is 0 Å². The molecule has 1 aliphatic carbocycles. The van der Waals surface area contributed by atoms with E-state index in [1.807, 2.05) is 68.0 Å². The first-order chi connectivity index (χ1) is 15.4. The first-order valence-corrected chi connectivity index (χ1v) is 11.3. The molecule has 2 heterocycles. The zero-order valence-corrected chi connectivity index (χ0v) is 18.8. The summed E-state index contributed by atoms with van der Waals surface area (Å²) in [5, 5.41) is 3.04. The molecule has 0 radical (unpaired) electrons. The molecule has 4 rings (SSSR count). The van der Waals surface area contributed by atoms with E-state index in [-0.39, 0.29) is 41.5 Å². The van der Waals surface area contributed by atoms with Gasteiger partial charge in [-0.3, -0.25) is 19.3 Å². The van der Waals surface area contributed by atoms with Crippen LogP contribution in [0.25, 0.3) is 5.69 Å². The molecule has 4 atom stereocenters. The number of likely N-dealkylation sites (tertiary alicyclic amines) is 1. The summed E-state index contributed by atoms with van der Waals surface area (Å²) in [5.74, 6) is -1.19. The van der Waals surface area contributed by atoms with Crippen LogP contribution in [0.1, 0.15) is 51.6 Å². The summed E-state index contributed by atoms with van der Waals surface area (Å²) in [6.45, 7) is 5.91. The van der Waals surface area contributed by atoms with Crippen LogP contribution in [0.4, 0.5) is 0 Å². The van der Waals surface area contributed by atoms with E-state index in [1.54, 1.807) is 12.5 Å². The highest BCUT2D eigenvalue weighted by Gasteiger charge is 2.51. The lowest BCUT2D eigenvalue weighted by atomic mass is 9.85. The van der Waals surface area contributed by atoms with Gasteiger partial charge in [0.1, 0.15) is 6.04 Å². The molecule has 1 aliphatic heterocycles. The van der Waals surface area contributed by atoms with Crippen LogP contribution < -0.4 is 5.32 Å². The number of nitrogens with zero attached hydrogens (tertiary/aromatic N) is 3. The number of carbonyl (C=O) groups is 3. The van der Waals surface area contributed by atoms with Crippen LogP contribution in [0.5, 0.6) is 0 Å². The summed E-state index contributed by atoms with van der Waals surface area (Å²) in [7, 11) is 0. The molecule has 4 unspecified atom stereocenters. The molecule has 0 saturated carbocycles. The van der Waals surface area contributed by atoms with E-state index in [0.29, 0.717) is 19.3 Å². The number of allylic oxidation sites excluding steroid dienone is 2. The van der Waals surface area contributed by atoms with Crippen molar-refractivity contribution in [2.24, 2.45) is 17.8 Å². The maximum Gasteiger partial charge on any atom is 0.243 e. The Balaban J connectivity index is 1.49. The Morgan fingerprint density at radius 3 is 2.22 bits per heavy atom. The van der Waals surface area contributed by atoms with Crippen LogP contribution >= 0.6 is 0 Å². The SMILES string of the molecule is CC(C)CC(C(=O)NC(C)c1ccc(-n2ccnc2)cc1)N1C(=O)C2CC=CCC2C1=O. The number of hydrogen-bond acceptors (Lipinski definition) is 4. The number of benzene rings is 1. The van der Waals surface area contributed by atoms with Gasteiger partial charge in [-0.25, -0.2) is 4.98 Å². The van der Waals surface area contributed by atoms with E-state index in [9.17, 15) is 14.4 Å². The first-order valence-electron chi connectivity index (χ1n) is 11.3. The molecule has 0 spiro atoms. The monoisotopic (exact) mass is 434 g/mol. The second-order valence-electron chi connectivity index (χ2n) is 9.14. The van der Waals surface area contributed by atoms with Gasteiger partial charge in [0.15, 0.2) is 0 Å². The van der Waals surface area contributed by atoms with Crippen molar-refractivity contribution in [3.8, 4) is 5.69 Å². The maximum atomic E-state index is 13.3. The standard InChI is InChI=1S/C25H30N4O3/c1-16(2)14-22(29-24(31)20-6-4-5-7-21(20)25(29)32)23(30)27-17(3)18-8-10-19(11-9-18)28-13-12-26-15-28/h4-5,8-13,15-17,20-22H,6-7,14H2,1-3H3,(H,27,30). The molecule has 1 aromatic heterocycles. The summed E-state index contributed by atoms with van der Waals surface area (Å²) in [6, 6.07) is 6.82. The molecule has 3 amide bonds. The van der Waals surface area contributed by atoms with Crippen LogP contribution in [0.3, 0.4) is 0 Å². The lowest BCUT2D eigenvalue weighted by Crippen LogP contribution is -2.51. The number of fused-ring (bicyclic) bond motifs is 1. The van der Waals surface area contributed by atoms with Crippen molar-refractivity contribution >= 4 is 17.7 Å². The normalized spacial score (nSPS) is 22.2. The molecule has 1 aromatic carbocycles. The van der Waals surface area contributed by atoms with Gasteiger partial charge in [0, 0.05) is 18.1 Å². The number of imide groups is 1. The van der Waals surface area contributed by atoms with Gasteiger partial charge in [-0.15, -0.1) is 0 Å². The molecule has 2 aromatic rings. The van der Waals surface area contributed by atoms with Crippen LogP contribution in [0.2, 0.25) is 0 Å². The fourth-order valence-electron chi connectivity index (χ4n) is 4.65. The molecule has 1 fully saturated rings. The summed E-state index contributed by atoms with van der Waals surface area (Å²) in [5.41, 5.74) is 1.93. The summed E-state index contributed by atoms with van der Waals surface area (Å²) < 4.78 is 1.91. The van der Waals surface area contributed by atoms with E-state index in [2.05, 4.69) is 10.3 Å². The third-order valence-corrected chi connectivity index (χ3v) is 6.41. The second kappa shape index (κ2) is 9.10. The first kappa shape index (κ1) is 22.0. The van der Waals surface area contributed by atoms with Gasteiger partial charge >= 0.3 is 0 Å². The number of hydrogen-bond donors (Lipinski definition) is 1. The molecule has 7 nitrogen and oxygen atoms in total. The summed E-state index contributed by atoms with van der Waals surface area (Å²) in [6.07, 6.45) is 10.8. The molecule has 32 heavy (non-hydrogen) atoms. The topological polar surface area (TPSA) is 84.3 Å². The third kappa shape index (κ3) is 4.24. The van der Waals surface area contributed by atoms with Gasteiger partial charge in [0.05, 0.1) is 24.2 Å². The largest absolute Gasteiger partial charge is 0.348 e. The summed E-state index contributed by atoms with van der Waals surface area (Å²) >= 11 is 0. The second-order valence-corrected chi connectivity index (χ2v) is 9.14. The van der Waals surface area contributed by atoms with Crippen molar-refractivity contribution in [1.82, 2.24) is 19.8 Å². The maximum absolute atomic E-state index is 13.3. The van der Waals surface area contributed by atoms with Crippen molar-refractivity contribution in [3.63, 3.8) is 0 Å². The zero-order chi connectivity index (χ0) is 22.8. The Kier molecular flexibility index (Phi) is 6.26. The van der Waals surface area contributed by atoms with Crippen molar-refractivity contribution < 1.29 is 14.4 Å². The van der Waals surface area contributed by atoms with E-state index in [1.165, 1.54) is 4.90 Å². The van der Waals surface area contributed by atoms with Crippen molar-refractivity contribution in [1.29, 1.82) is 0 Å². The van der Waals surface area contributed by atoms with E-state index < -0.39 is 6.04 Å². The average Bonchev–Trinajstić information content (AvgIpc) is 3.40. The Bertz CT molecular complexity index is 984. The quantitative estimate of drug-likeness (QED) is 0.535. The predicted molar refractivity (Wildman–Crippen MR) is 121 cm³/mol. The molecule has 1 saturated heterocycles. The van der Waals surface area contributed by atoms with Gasteiger partial charge in [-0.1, -0.05) is 38.1 Å². The minimum atomic E-state index is -0.784. The summed E-state index contributed by atoms with van der Waals surface area (Å²) in [4.78, 5) is 44.8. The van der Waals surface area contributed by atoms with Crippen LogP contribution in [0.15, 0.2) is 55.1 Å². The van der Waals surface area contributed by atoms with Crippen molar-refractivity contribution in [2.75, 3.05) is 0 Å². The lowest BCUT2D eigenvalue weighted by Gasteiger charge is -2.28. The number of carbonyl (C=O) groups excluding carboxylic acids is 3. The molecule has 7 heteroatoms. The van der Waals surface area contributed by atoms with Gasteiger partial charge in [0.2, 0.25) is 17.7 Å². The highest BCUT2D eigenvalue weighted by molar-refractivity contribution is 6.08. The van der Waals surface area contributed by atoms with Gasteiger partial charge in [-0.2, -0.15) is 0 Å².